The van der Waals surface area contributed by atoms with Crippen LogP contribution in [0.4, 0.5) is 48.3 Å². The van der Waals surface area contributed by atoms with E-state index in [1.165, 1.54) is 6.92 Å². The number of hydrogen-bond acceptors (Lipinski definition) is 4. The van der Waals surface area contributed by atoms with Crippen LogP contribution in [0.5, 0.6) is 0 Å². The van der Waals surface area contributed by atoms with Gasteiger partial charge in [0, 0.05) is 12.1 Å². The molecule has 17 heteroatoms. The number of carbonyl (C=O) groups is 1. The first kappa shape index (κ1) is 32.3. The lowest BCUT2D eigenvalue weighted by atomic mass is 9.90. The molecule has 0 amide bonds. The van der Waals surface area contributed by atoms with E-state index in [0.29, 0.717) is 12.1 Å². The second kappa shape index (κ2) is 10.6. The molecule has 2 aromatic carbocycles. The summed E-state index contributed by atoms with van der Waals surface area (Å²) in [5, 5.41) is 9.94. The summed E-state index contributed by atoms with van der Waals surface area (Å²) in [5.74, 6) is -3.40. The van der Waals surface area contributed by atoms with Gasteiger partial charge in [-0.05, 0) is 49.2 Å². The number of aryl methyl sites for hydroxylation is 1. The SMILES string of the molecule is Cc1cc(S(=O)(=O)[C@@]2(c3ccc(C(F)(C(F)(F)F)C(F)(F)F)cc3)CCNC2)ccc1F.O=C(O)C(F)(F)F. The van der Waals surface area contributed by atoms with Crippen molar-refractivity contribution >= 4 is 15.8 Å². The van der Waals surface area contributed by atoms with Gasteiger partial charge < -0.3 is 10.4 Å². The average molecular weight is 601 g/mol. The van der Waals surface area contributed by atoms with Crippen LogP contribution >= 0.6 is 0 Å². The summed E-state index contributed by atoms with van der Waals surface area (Å²) in [6, 6.07) is 5.17. The van der Waals surface area contributed by atoms with Gasteiger partial charge in [0.25, 0.3) is 0 Å². The van der Waals surface area contributed by atoms with Gasteiger partial charge in [-0.1, -0.05) is 24.3 Å². The molecule has 1 fully saturated rings. The van der Waals surface area contributed by atoms with Crippen LogP contribution in [0.2, 0.25) is 0 Å². The van der Waals surface area contributed by atoms with Crippen molar-refractivity contribution in [2.45, 2.75) is 47.2 Å². The highest BCUT2D eigenvalue weighted by Gasteiger charge is 2.73. The fourth-order valence-electron chi connectivity index (χ4n) is 3.80. The molecule has 0 bridgehead atoms. The molecule has 5 nitrogen and oxygen atoms in total. The predicted octanol–water partition coefficient (Wildman–Crippen LogP) is 5.72. The van der Waals surface area contributed by atoms with E-state index in [4.69, 9.17) is 9.90 Å². The molecule has 1 saturated heterocycles. The number of alkyl halides is 10. The topological polar surface area (TPSA) is 83.5 Å². The van der Waals surface area contributed by atoms with E-state index in [0.717, 1.165) is 30.3 Å². The van der Waals surface area contributed by atoms with Gasteiger partial charge in [0.15, 0.2) is 9.84 Å². The smallest absolute Gasteiger partial charge is 0.475 e. The van der Waals surface area contributed by atoms with Crippen LogP contribution in [0.1, 0.15) is 23.1 Å². The number of carboxylic acids is 1. The van der Waals surface area contributed by atoms with Crippen molar-refractivity contribution < 1.29 is 66.6 Å². The van der Waals surface area contributed by atoms with Crippen LogP contribution in [0.25, 0.3) is 0 Å². The molecule has 0 aliphatic carbocycles. The molecule has 0 spiro atoms. The van der Waals surface area contributed by atoms with E-state index in [1.807, 2.05) is 0 Å². The van der Waals surface area contributed by atoms with Gasteiger partial charge in [-0.25, -0.2) is 22.0 Å². The first-order chi connectivity index (χ1) is 17.5. The lowest BCUT2D eigenvalue weighted by molar-refractivity contribution is -0.348. The molecule has 0 aromatic heterocycles. The zero-order valence-electron chi connectivity index (χ0n) is 19.4. The Morgan fingerprint density at radius 1 is 0.897 bits per heavy atom. The van der Waals surface area contributed by atoms with E-state index < -0.39 is 56.1 Å². The van der Waals surface area contributed by atoms with Crippen LogP contribution in [0.3, 0.4) is 0 Å². The van der Waals surface area contributed by atoms with Crippen molar-refractivity contribution in [2.75, 3.05) is 13.1 Å². The third-order valence-corrected chi connectivity index (χ3v) is 8.39. The van der Waals surface area contributed by atoms with Gasteiger partial charge in [-0.2, -0.15) is 39.5 Å². The van der Waals surface area contributed by atoms with E-state index in [2.05, 4.69) is 5.32 Å². The van der Waals surface area contributed by atoms with Crippen molar-refractivity contribution in [1.29, 1.82) is 0 Å². The highest BCUT2D eigenvalue weighted by atomic mass is 32.2. The number of sulfone groups is 1. The molecular formula is C22H18F11NO4S. The zero-order valence-corrected chi connectivity index (χ0v) is 20.2. The lowest BCUT2D eigenvalue weighted by Crippen LogP contribution is -2.50. The highest BCUT2D eigenvalue weighted by Crippen LogP contribution is 2.53. The van der Waals surface area contributed by atoms with Crippen LogP contribution in [0.15, 0.2) is 47.4 Å². The first-order valence-corrected chi connectivity index (χ1v) is 12.0. The van der Waals surface area contributed by atoms with Crippen LogP contribution in [-0.4, -0.2) is 51.1 Å². The van der Waals surface area contributed by atoms with Gasteiger partial charge in [0.2, 0.25) is 0 Å². The van der Waals surface area contributed by atoms with Crippen LogP contribution < -0.4 is 5.32 Å². The van der Waals surface area contributed by atoms with E-state index >= 15 is 0 Å². The summed E-state index contributed by atoms with van der Waals surface area (Å²) in [5.41, 5.74) is -7.40. The van der Waals surface area contributed by atoms with Gasteiger partial charge in [-0.3, -0.25) is 0 Å². The van der Waals surface area contributed by atoms with Crippen LogP contribution in [0, 0.1) is 12.7 Å². The first-order valence-electron chi connectivity index (χ1n) is 10.5. The molecular weight excluding hydrogens is 583 g/mol. The largest absolute Gasteiger partial charge is 0.490 e. The minimum atomic E-state index is -6.28. The molecule has 1 aliphatic rings. The number of halogens is 11. The fraction of sp³-hybridized carbons (Fsp3) is 0.409. The molecule has 0 saturated carbocycles. The zero-order chi connectivity index (χ0) is 30.2. The highest BCUT2D eigenvalue weighted by molar-refractivity contribution is 7.92. The van der Waals surface area contributed by atoms with Crippen molar-refractivity contribution in [3.05, 3.63) is 65.0 Å². The summed E-state index contributed by atoms with van der Waals surface area (Å²) in [6.45, 7) is 1.35. The Labute approximate surface area is 213 Å². The average Bonchev–Trinajstić information content (AvgIpc) is 3.30. The van der Waals surface area contributed by atoms with E-state index in [1.54, 1.807) is 0 Å². The van der Waals surface area contributed by atoms with Crippen molar-refractivity contribution in [3.8, 4) is 0 Å². The molecule has 1 atom stereocenters. The number of carboxylic acid groups (broad SMARTS) is 1. The number of rotatable bonds is 4. The standard InChI is InChI=1S/C20H17F8NO2S.C2HF3O2/c1-12-10-15(6-7-16(12)21)32(30,31)17(8-9-29-11-17)13-2-4-14(5-3-13)18(22,19(23,24)25)20(26,27)28;3-2(4,5)1(6)7/h2-7,10,29H,8-9,11H2,1H3;(H,6,7)/t17-;/m0./s1. The third kappa shape index (κ3) is 5.97. The maximum absolute atomic E-state index is 14.3. The molecule has 1 heterocycles. The van der Waals surface area contributed by atoms with Gasteiger partial charge in [0.1, 0.15) is 10.6 Å². The molecule has 0 radical (unpaired) electrons. The third-order valence-electron chi connectivity index (χ3n) is 5.90. The summed E-state index contributed by atoms with van der Waals surface area (Å²) < 4.78 is 163. The Hall–Kier alpha value is -2.95. The van der Waals surface area contributed by atoms with Gasteiger partial charge in [0.05, 0.1) is 4.90 Å². The van der Waals surface area contributed by atoms with Crippen molar-refractivity contribution in [1.82, 2.24) is 5.32 Å². The van der Waals surface area contributed by atoms with Crippen molar-refractivity contribution in [3.63, 3.8) is 0 Å². The lowest BCUT2D eigenvalue weighted by Gasteiger charge is -2.32. The summed E-state index contributed by atoms with van der Waals surface area (Å²) in [6.07, 6.45) is -17.7. The summed E-state index contributed by atoms with van der Waals surface area (Å²) >= 11 is 0. The number of benzene rings is 2. The summed E-state index contributed by atoms with van der Waals surface area (Å²) in [4.78, 5) is 8.64. The maximum atomic E-state index is 14.3. The second-order valence-electron chi connectivity index (χ2n) is 8.37. The monoisotopic (exact) mass is 601 g/mol. The quantitative estimate of drug-likeness (QED) is 0.346. The predicted molar refractivity (Wildman–Crippen MR) is 113 cm³/mol. The number of hydrogen-bond donors (Lipinski definition) is 2. The Morgan fingerprint density at radius 2 is 1.38 bits per heavy atom. The Kier molecular flexibility index (Phi) is 8.73. The molecule has 3 rings (SSSR count). The second-order valence-corrected chi connectivity index (χ2v) is 10.6. The Bertz CT molecular complexity index is 1280. The number of aliphatic carboxylic acids is 1. The normalized spacial score (nSPS) is 18.9. The van der Waals surface area contributed by atoms with E-state index in [9.17, 15) is 56.7 Å². The molecule has 0 unspecified atom stereocenters. The van der Waals surface area contributed by atoms with Gasteiger partial charge in [-0.15, -0.1) is 0 Å². The minimum absolute atomic E-state index is 0.0418. The molecule has 2 N–H and O–H groups in total. The Balaban J connectivity index is 0.000000673. The minimum Gasteiger partial charge on any atom is -0.475 e. The van der Waals surface area contributed by atoms with E-state index in [-0.39, 0.29) is 35.5 Å². The molecule has 1 aliphatic heterocycles. The molecule has 2 aromatic rings. The summed E-state index contributed by atoms with van der Waals surface area (Å²) in [7, 11) is -4.27. The number of nitrogens with one attached hydrogen (secondary N) is 1. The van der Waals surface area contributed by atoms with Gasteiger partial charge >= 0.3 is 30.2 Å². The molecule has 39 heavy (non-hydrogen) atoms. The van der Waals surface area contributed by atoms with Crippen LogP contribution in [-0.2, 0) is 25.0 Å². The Morgan fingerprint density at radius 3 is 1.74 bits per heavy atom. The van der Waals surface area contributed by atoms with Crippen molar-refractivity contribution in [2.24, 2.45) is 0 Å². The molecule has 218 valence electrons. The fourth-order valence-corrected chi connectivity index (χ4v) is 5.94. The maximum Gasteiger partial charge on any atom is 0.490 e.